The lowest BCUT2D eigenvalue weighted by atomic mass is 10.6. The number of carbonyl (C=O) groups is 3. The molecule has 0 saturated carbocycles. The topological polar surface area (TPSA) is 60.4 Å². The van der Waals surface area contributed by atoms with Crippen molar-refractivity contribution < 1.29 is 19.1 Å². The van der Waals surface area contributed by atoms with Crippen molar-refractivity contribution in [2.24, 2.45) is 0 Å². The van der Waals surface area contributed by atoms with E-state index < -0.39 is 5.97 Å². The molecule has 4 heteroatoms. The minimum Gasteiger partial charge on any atom is -0.466 e. The summed E-state index contributed by atoms with van der Waals surface area (Å²) in [5, 5.41) is 0. The van der Waals surface area contributed by atoms with Crippen molar-refractivity contribution in [3.8, 4) is 0 Å². The predicted octanol–water partition coefficient (Wildman–Crippen LogP) is 1.54. The maximum absolute atomic E-state index is 9.84. The van der Waals surface area contributed by atoms with Crippen LogP contribution in [0, 0.1) is 0 Å². The number of methoxy groups -OCH3 is 1. The summed E-state index contributed by atoms with van der Waals surface area (Å²) in [7, 11) is 1.31. The summed E-state index contributed by atoms with van der Waals surface area (Å²) >= 11 is 0. The van der Waals surface area contributed by atoms with E-state index in [1.54, 1.807) is 0 Å². The van der Waals surface area contributed by atoms with Gasteiger partial charge < -0.3 is 14.3 Å². The Morgan fingerprint density at radius 3 is 1.21 bits per heavy atom. The van der Waals surface area contributed by atoms with E-state index in [1.165, 1.54) is 34.8 Å². The van der Waals surface area contributed by atoms with E-state index in [2.05, 4.69) is 11.3 Å². The van der Waals surface area contributed by atoms with Crippen molar-refractivity contribution in [1.29, 1.82) is 0 Å². The number of carbonyl (C=O) groups excluding carboxylic acids is 3. The highest BCUT2D eigenvalue weighted by atomic mass is 16.5. The van der Waals surface area contributed by atoms with Gasteiger partial charge >= 0.3 is 5.97 Å². The second-order valence-corrected chi connectivity index (χ2v) is 2.54. The Balaban J connectivity index is -0.000000135. The third kappa shape index (κ3) is 148. The maximum atomic E-state index is 9.84. The zero-order valence-corrected chi connectivity index (χ0v) is 9.42. The van der Waals surface area contributed by atoms with E-state index in [9.17, 15) is 14.4 Å². The zero-order chi connectivity index (χ0) is 12.1. The van der Waals surface area contributed by atoms with Gasteiger partial charge in [0.2, 0.25) is 0 Å². The molecule has 0 aliphatic carbocycles. The first-order valence-electron chi connectivity index (χ1n) is 3.92. The molecule has 0 atom stereocenters. The van der Waals surface area contributed by atoms with Gasteiger partial charge in [-0.3, -0.25) is 0 Å². The van der Waals surface area contributed by atoms with Crippen LogP contribution in [-0.2, 0) is 19.1 Å². The SMILES string of the molecule is C=CC(=O)OC.CC(C)=O.CC(C)=O. The molecule has 0 aromatic rings. The number of hydrogen-bond acceptors (Lipinski definition) is 4. The first kappa shape index (κ1) is 18.4. The van der Waals surface area contributed by atoms with Gasteiger partial charge in [-0.1, -0.05) is 6.58 Å². The van der Waals surface area contributed by atoms with Crippen LogP contribution in [0.5, 0.6) is 0 Å². The summed E-state index contributed by atoms with van der Waals surface area (Å²) in [6, 6.07) is 0. The van der Waals surface area contributed by atoms with E-state index in [4.69, 9.17) is 0 Å². The van der Waals surface area contributed by atoms with Crippen LogP contribution < -0.4 is 0 Å². The first-order chi connectivity index (χ1) is 6.27. The summed E-state index contributed by atoms with van der Waals surface area (Å²) < 4.78 is 4.14. The van der Waals surface area contributed by atoms with E-state index in [0.29, 0.717) is 0 Å². The molecule has 0 fully saturated rings. The van der Waals surface area contributed by atoms with E-state index in [0.717, 1.165) is 6.08 Å². The van der Waals surface area contributed by atoms with Crippen LogP contribution in [0.1, 0.15) is 27.7 Å². The molecule has 0 bridgehead atoms. The van der Waals surface area contributed by atoms with Gasteiger partial charge in [0.05, 0.1) is 7.11 Å². The van der Waals surface area contributed by atoms with Crippen molar-refractivity contribution in [2.45, 2.75) is 27.7 Å². The van der Waals surface area contributed by atoms with Crippen molar-refractivity contribution in [3.05, 3.63) is 12.7 Å². The molecule has 0 amide bonds. The van der Waals surface area contributed by atoms with Gasteiger partial charge in [-0.2, -0.15) is 0 Å². The lowest BCUT2D eigenvalue weighted by Gasteiger charge is -1.83. The summed E-state index contributed by atoms with van der Waals surface area (Å²) in [5.74, 6) is -0.0602. The van der Waals surface area contributed by atoms with Crippen molar-refractivity contribution in [2.75, 3.05) is 7.11 Å². The Hall–Kier alpha value is -1.45. The van der Waals surface area contributed by atoms with Crippen molar-refractivity contribution in [3.63, 3.8) is 0 Å². The average molecular weight is 202 g/mol. The average Bonchev–Trinajstić information content (AvgIpc) is 2.01. The minimum absolute atomic E-state index is 0.167. The Morgan fingerprint density at radius 1 is 1.00 bits per heavy atom. The quantitative estimate of drug-likeness (QED) is 0.478. The monoisotopic (exact) mass is 202 g/mol. The van der Waals surface area contributed by atoms with Gasteiger partial charge in [-0.25, -0.2) is 4.79 Å². The molecule has 0 aromatic heterocycles. The van der Waals surface area contributed by atoms with Crippen LogP contribution in [0.4, 0.5) is 0 Å². The summed E-state index contributed by atoms with van der Waals surface area (Å²) in [4.78, 5) is 28.7. The minimum atomic E-state index is -0.394. The number of hydrogen-bond donors (Lipinski definition) is 0. The molecule has 0 radical (unpaired) electrons. The molecule has 0 rings (SSSR count). The normalized spacial score (nSPS) is 6.64. The lowest BCUT2D eigenvalue weighted by Crippen LogP contribution is -1.91. The molecule has 0 aliphatic rings. The van der Waals surface area contributed by atoms with Gasteiger partial charge in [0.15, 0.2) is 0 Å². The van der Waals surface area contributed by atoms with Gasteiger partial charge in [0, 0.05) is 6.08 Å². The molecule has 0 aliphatic heterocycles. The van der Waals surface area contributed by atoms with E-state index in [1.807, 2.05) is 0 Å². The molecule has 0 aromatic carbocycles. The fourth-order valence-electron chi connectivity index (χ4n) is 0.0833. The molecule has 0 heterocycles. The van der Waals surface area contributed by atoms with E-state index >= 15 is 0 Å². The molecule has 0 N–H and O–H groups in total. The van der Waals surface area contributed by atoms with Crippen molar-refractivity contribution >= 4 is 17.5 Å². The molecule has 14 heavy (non-hydrogen) atoms. The van der Waals surface area contributed by atoms with Crippen LogP contribution in [-0.4, -0.2) is 24.6 Å². The molecule has 0 unspecified atom stereocenters. The van der Waals surface area contributed by atoms with Crippen LogP contribution in [0.2, 0.25) is 0 Å². The van der Waals surface area contributed by atoms with Crippen LogP contribution in [0.3, 0.4) is 0 Å². The summed E-state index contributed by atoms with van der Waals surface area (Å²) in [6.07, 6.45) is 1.11. The molecule has 4 nitrogen and oxygen atoms in total. The van der Waals surface area contributed by atoms with Crippen molar-refractivity contribution in [1.82, 2.24) is 0 Å². The number of esters is 1. The standard InChI is InChI=1S/C4H6O2.2C3H6O/c1-3-4(5)6-2;2*1-3(2)4/h3H,1H2,2H3;2*1-2H3. The summed E-state index contributed by atoms with van der Waals surface area (Å²) in [6.45, 7) is 9.27. The third-order valence-electron chi connectivity index (χ3n) is 0.368. The smallest absolute Gasteiger partial charge is 0.329 e. The highest BCUT2D eigenvalue weighted by molar-refractivity contribution is 5.80. The third-order valence-corrected chi connectivity index (χ3v) is 0.368. The highest BCUT2D eigenvalue weighted by Gasteiger charge is 1.81. The molecular weight excluding hydrogens is 184 g/mol. The van der Waals surface area contributed by atoms with E-state index in [-0.39, 0.29) is 11.6 Å². The fraction of sp³-hybridized carbons (Fsp3) is 0.500. The maximum Gasteiger partial charge on any atom is 0.329 e. The van der Waals surface area contributed by atoms with Crippen LogP contribution in [0.25, 0.3) is 0 Å². The Morgan fingerprint density at radius 2 is 1.21 bits per heavy atom. The lowest BCUT2D eigenvalue weighted by molar-refractivity contribution is -0.134. The second kappa shape index (κ2) is 14.1. The van der Waals surface area contributed by atoms with Gasteiger partial charge in [0.25, 0.3) is 0 Å². The van der Waals surface area contributed by atoms with Gasteiger partial charge in [-0.15, -0.1) is 0 Å². The Kier molecular flexibility index (Phi) is 18.5. The zero-order valence-electron chi connectivity index (χ0n) is 9.42. The molecule has 0 saturated heterocycles. The number of rotatable bonds is 1. The largest absolute Gasteiger partial charge is 0.466 e. The van der Waals surface area contributed by atoms with Gasteiger partial charge in [-0.05, 0) is 27.7 Å². The molecule has 0 spiro atoms. The number of Topliss-reactive ketones (excluding diaryl/α,β-unsaturated/α-hetero) is 2. The molecule has 82 valence electrons. The highest BCUT2D eigenvalue weighted by Crippen LogP contribution is 1.67. The second-order valence-electron chi connectivity index (χ2n) is 2.54. The predicted molar refractivity (Wildman–Crippen MR) is 54.9 cm³/mol. The van der Waals surface area contributed by atoms with Crippen LogP contribution >= 0.6 is 0 Å². The Labute approximate surface area is 84.9 Å². The number of ether oxygens (including phenoxy) is 1. The fourth-order valence-corrected chi connectivity index (χ4v) is 0.0833. The first-order valence-corrected chi connectivity index (χ1v) is 3.92. The van der Waals surface area contributed by atoms with Gasteiger partial charge in [0.1, 0.15) is 11.6 Å². The number of ketones is 2. The summed E-state index contributed by atoms with van der Waals surface area (Å²) in [5.41, 5.74) is 0. The molecular formula is C10H18O4. The van der Waals surface area contributed by atoms with Crippen LogP contribution in [0.15, 0.2) is 12.7 Å². The Bertz CT molecular complexity index is 174.